The van der Waals surface area contributed by atoms with E-state index in [1.807, 2.05) is 0 Å². The summed E-state index contributed by atoms with van der Waals surface area (Å²) in [6.07, 6.45) is 0. The van der Waals surface area contributed by atoms with Gasteiger partial charge in [-0.1, -0.05) is 18.2 Å². The van der Waals surface area contributed by atoms with Gasteiger partial charge < -0.3 is 10.3 Å². The first-order chi connectivity index (χ1) is 7.84. The molecule has 1 aliphatic heterocycles. The van der Waals surface area contributed by atoms with Crippen molar-refractivity contribution in [3.8, 4) is 0 Å². The lowest BCUT2D eigenvalue weighted by molar-refractivity contribution is 0.199. The van der Waals surface area contributed by atoms with Gasteiger partial charge in [0.2, 0.25) is 0 Å². The van der Waals surface area contributed by atoms with Gasteiger partial charge in [-0.2, -0.15) is 0 Å². The number of aromatic amines is 1. The molecule has 1 fully saturated rings. The summed E-state index contributed by atoms with van der Waals surface area (Å²) in [7, 11) is 2.19. The Morgan fingerprint density at radius 1 is 1.31 bits per heavy atom. The molecule has 2 N–H and O–H groups in total. The summed E-state index contributed by atoms with van der Waals surface area (Å²) in [5, 5.41) is 4.75. The molecule has 0 spiro atoms. The van der Waals surface area contributed by atoms with Crippen molar-refractivity contribution in [2.24, 2.45) is 0 Å². The Kier molecular flexibility index (Phi) is 2.42. The van der Waals surface area contributed by atoms with Gasteiger partial charge in [0, 0.05) is 30.8 Å². The van der Waals surface area contributed by atoms with E-state index in [4.69, 9.17) is 0 Å². The Labute approximate surface area is 95.5 Å². The Bertz CT molecular complexity index is 456. The highest BCUT2D eigenvalue weighted by atomic mass is 15.2. The van der Waals surface area contributed by atoms with Crippen molar-refractivity contribution in [2.75, 3.05) is 26.7 Å². The number of fused-ring (bicyclic) bond motifs is 1. The molecular formula is C13H17N3. The molecule has 2 aromatic rings. The summed E-state index contributed by atoms with van der Waals surface area (Å²) in [4.78, 5) is 5.92. The van der Waals surface area contributed by atoms with Gasteiger partial charge in [0.25, 0.3) is 0 Å². The molecule has 0 amide bonds. The largest absolute Gasteiger partial charge is 0.357 e. The van der Waals surface area contributed by atoms with Gasteiger partial charge in [0.1, 0.15) is 0 Å². The van der Waals surface area contributed by atoms with Crippen molar-refractivity contribution >= 4 is 10.9 Å². The van der Waals surface area contributed by atoms with E-state index in [0.29, 0.717) is 6.04 Å². The van der Waals surface area contributed by atoms with Crippen molar-refractivity contribution in [1.82, 2.24) is 15.2 Å². The van der Waals surface area contributed by atoms with Gasteiger partial charge in [-0.3, -0.25) is 4.90 Å². The van der Waals surface area contributed by atoms with E-state index in [1.165, 1.54) is 16.6 Å². The first-order valence-corrected chi connectivity index (χ1v) is 5.83. The zero-order valence-corrected chi connectivity index (χ0v) is 9.53. The molecular weight excluding hydrogens is 198 g/mol. The average molecular weight is 215 g/mol. The van der Waals surface area contributed by atoms with Crippen molar-refractivity contribution in [1.29, 1.82) is 0 Å². The molecule has 3 heteroatoms. The van der Waals surface area contributed by atoms with Crippen LogP contribution < -0.4 is 5.32 Å². The lowest BCUT2D eigenvalue weighted by atomic mass is 10.1. The van der Waals surface area contributed by atoms with E-state index >= 15 is 0 Å². The first-order valence-electron chi connectivity index (χ1n) is 5.83. The second-order valence-electron chi connectivity index (χ2n) is 4.51. The minimum atomic E-state index is 0.473. The smallest absolute Gasteiger partial charge is 0.0622 e. The summed E-state index contributed by atoms with van der Waals surface area (Å²) in [5.74, 6) is 0. The Balaban J connectivity index is 1.98. The van der Waals surface area contributed by atoms with E-state index in [1.54, 1.807) is 0 Å². The van der Waals surface area contributed by atoms with E-state index < -0.39 is 0 Å². The summed E-state index contributed by atoms with van der Waals surface area (Å²) in [6.45, 7) is 3.23. The number of hydrogen-bond donors (Lipinski definition) is 2. The molecule has 1 saturated heterocycles. The van der Waals surface area contributed by atoms with Crippen molar-refractivity contribution in [2.45, 2.75) is 6.04 Å². The van der Waals surface area contributed by atoms with E-state index in [2.05, 4.69) is 52.6 Å². The monoisotopic (exact) mass is 215 g/mol. The molecule has 1 aliphatic rings. The number of likely N-dealkylation sites (N-methyl/N-ethyl adjacent to an activating group) is 1. The summed E-state index contributed by atoms with van der Waals surface area (Å²) in [6, 6.07) is 11.2. The molecule has 3 rings (SSSR count). The molecule has 0 aliphatic carbocycles. The first kappa shape index (κ1) is 9.87. The fourth-order valence-corrected chi connectivity index (χ4v) is 2.43. The Hall–Kier alpha value is -1.32. The minimum absolute atomic E-state index is 0.473. The Morgan fingerprint density at radius 2 is 2.19 bits per heavy atom. The molecule has 1 aromatic heterocycles. The zero-order chi connectivity index (χ0) is 11.0. The number of piperazine rings is 1. The van der Waals surface area contributed by atoms with Gasteiger partial charge in [-0.05, 0) is 24.6 Å². The third kappa shape index (κ3) is 1.62. The van der Waals surface area contributed by atoms with Crippen LogP contribution in [0.2, 0.25) is 0 Å². The van der Waals surface area contributed by atoms with Gasteiger partial charge >= 0.3 is 0 Å². The van der Waals surface area contributed by atoms with Crippen molar-refractivity contribution in [3.63, 3.8) is 0 Å². The molecule has 1 atom stereocenters. The maximum absolute atomic E-state index is 3.51. The van der Waals surface area contributed by atoms with Crippen LogP contribution in [0.15, 0.2) is 30.3 Å². The zero-order valence-electron chi connectivity index (χ0n) is 9.53. The van der Waals surface area contributed by atoms with Crippen LogP contribution in [-0.2, 0) is 0 Å². The van der Waals surface area contributed by atoms with Crippen LogP contribution in [0.4, 0.5) is 0 Å². The van der Waals surface area contributed by atoms with E-state index in [0.717, 1.165) is 19.6 Å². The van der Waals surface area contributed by atoms with Crippen LogP contribution in [0.5, 0.6) is 0 Å². The van der Waals surface area contributed by atoms with Crippen molar-refractivity contribution in [3.05, 3.63) is 36.0 Å². The fraction of sp³-hybridized carbons (Fsp3) is 0.385. The second-order valence-corrected chi connectivity index (χ2v) is 4.51. The molecule has 2 heterocycles. The maximum atomic E-state index is 3.51. The van der Waals surface area contributed by atoms with Crippen LogP contribution in [0.3, 0.4) is 0 Å². The minimum Gasteiger partial charge on any atom is -0.357 e. The quantitative estimate of drug-likeness (QED) is 0.759. The standard InChI is InChI=1S/C13H17N3/c1-16-7-6-14-9-13(16)12-8-10-4-2-3-5-11(10)15-12/h2-5,8,13-15H,6-7,9H2,1H3. The van der Waals surface area contributed by atoms with E-state index in [9.17, 15) is 0 Å². The number of hydrogen-bond acceptors (Lipinski definition) is 2. The van der Waals surface area contributed by atoms with Gasteiger partial charge in [-0.25, -0.2) is 0 Å². The Morgan fingerprint density at radius 3 is 3.00 bits per heavy atom. The van der Waals surface area contributed by atoms with Crippen molar-refractivity contribution < 1.29 is 0 Å². The lowest BCUT2D eigenvalue weighted by Gasteiger charge is -2.32. The van der Waals surface area contributed by atoms with E-state index in [-0.39, 0.29) is 0 Å². The molecule has 0 radical (unpaired) electrons. The predicted octanol–water partition coefficient (Wildman–Crippen LogP) is 1.74. The highest BCUT2D eigenvalue weighted by Crippen LogP contribution is 2.24. The third-order valence-corrected chi connectivity index (χ3v) is 3.42. The van der Waals surface area contributed by atoms with Crippen LogP contribution in [0.1, 0.15) is 11.7 Å². The van der Waals surface area contributed by atoms with Crippen LogP contribution in [-0.4, -0.2) is 36.6 Å². The number of aromatic nitrogens is 1. The van der Waals surface area contributed by atoms with Gasteiger partial charge in [-0.15, -0.1) is 0 Å². The summed E-state index contributed by atoms with van der Waals surface area (Å²) < 4.78 is 0. The highest BCUT2D eigenvalue weighted by Gasteiger charge is 2.21. The van der Waals surface area contributed by atoms with Crippen LogP contribution in [0, 0.1) is 0 Å². The van der Waals surface area contributed by atoms with Crippen LogP contribution in [0.25, 0.3) is 10.9 Å². The molecule has 1 unspecified atom stereocenters. The maximum Gasteiger partial charge on any atom is 0.0622 e. The second kappa shape index (κ2) is 3.92. The lowest BCUT2D eigenvalue weighted by Crippen LogP contribution is -2.43. The van der Waals surface area contributed by atoms with Gasteiger partial charge in [0.05, 0.1) is 6.04 Å². The number of rotatable bonds is 1. The average Bonchev–Trinajstić information content (AvgIpc) is 2.73. The molecule has 1 aromatic carbocycles. The molecule has 16 heavy (non-hydrogen) atoms. The normalized spacial score (nSPS) is 22.7. The molecule has 84 valence electrons. The van der Waals surface area contributed by atoms with Crippen LogP contribution >= 0.6 is 0 Å². The fourth-order valence-electron chi connectivity index (χ4n) is 2.43. The number of H-pyrrole nitrogens is 1. The highest BCUT2D eigenvalue weighted by molar-refractivity contribution is 5.80. The molecule has 3 nitrogen and oxygen atoms in total. The predicted molar refractivity (Wildman–Crippen MR) is 66.5 cm³/mol. The van der Waals surface area contributed by atoms with Gasteiger partial charge in [0.15, 0.2) is 0 Å². The molecule has 0 bridgehead atoms. The number of para-hydroxylation sites is 1. The third-order valence-electron chi connectivity index (χ3n) is 3.42. The number of nitrogens with zero attached hydrogens (tertiary/aromatic N) is 1. The number of nitrogens with one attached hydrogen (secondary N) is 2. The topological polar surface area (TPSA) is 31.1 Å². The molecule has 0 saturated carbocycles. The number of benzene rings is 1. The summed E-state index contributed by atoms with van der Waals surface area (Å²) >= 11 is 0. The SMILES string of the molecule is CN1CCNCC1c1cc2ccccc2[nH]1. The summed E-state index contributed by atoms with van der Waals surface area (Å²) in [5.41, 5.74) is 2.55.